The normalized spacial score (nSPS) is 11.8. The van der Waals surface area contributed by atoms with E-state index in [2.05, 4.69) is 22.6 Å². The summed E-state index contributed by atoms with van der Waals surface area (Å²) in [6, 6.07) is 15.1. The van der Waals surface area contributed by atoms with Crippen LogP contribution in [0.4, 0.5) is 0 Å². The molecule has 0 heterocycles. The molecule has 0 bridgehead atoms. The molecule has 0 aliphatic rings. The number of hydrogen-bond donors (Lipinski definition) is 0. The van der Waals surface area contributed by atoms with Gasteiger partial charge in [0.25, 0.3) is 5.91 Å². The molecule has 116 valence electrons. The Labute approximate surface area is 149 Å². The van der Waals surface area contributed by atoms with E-state index in [9.17, 15) is 4.79 Å². The van der Waals surface area contributed by atoms with Gasteiger partial charge in [-0.2, -0.15) is 0 Å². The Hall–Kier alpha value is -1.27. The number of hydrogen-bond acceptors (Lipinski definition) is 2. The number of rotatable bonds is 5. The predicted octanol–water partition coefficient (Wildman–Crippen LogP) is 4.54. The van der Waals surface area contributed by atoms with Gasteiger partial charge in [0.2, 0.25) is 0 Å². The predicted molar refractivity (Wildman–Crippen MR) is 97.3 cm³/mol. The Morgan fingerprint density at radius 3 is 2.50 bits per heavy atom. The summed E-state index contributed by atoms with van der Waals surface area (Å²) < 4.78 is 6.59. The first-order valence-electron chi connectivity index (χ1n) is 6.87. The molecule has 1 amide bonds. The first-order valence-corrected chi connectivity index (χ1v) is 8.33. The molecule has 0 fully saturated rings. The van der Waals surface area contributed by atoms with Crippen molar-refractivity contribution in [2.24, 2.45) is 0 Å². The lowest BCUT2D eigenvalue weighted by Crippen LogP contribution is -2.33. The third-order valence-corrected chi connectivity index (χ3v) is 4.66. The molecule has 1 atom stereocenters. The van der Waals surface area contributed by atoms with Gasteiger partial charge in [0.1, 0.15) is 5.75 Å². The zero-order chi connectivity index (χ0) is 16.1. The van der Waals surface area contributed by atoms with Crippen molar-refractivity contribution < 1.29 is 9.53 Å². The van der Waals surface area contributed by atoms with Gasteiger partial charge in [-0.15, -0.1) is 0 Å². The lowest BCUT2D eigenvalue weighted by molar-refractivity contribution is -0.134. The van der Waals surface area contributed by atoms with Gasteiger partial charge in [-0.25, -0.2) is 0 Å². The SMILES string of the molecule is CC(c1ccc(Cl)cc1)N(C)C(=O)COc1ccccc1I. The van der Waals surface area contributed by atoms with Crippen LogP contribution in [0.3, 0.4) is 0 Å². The van der Waals surface area contributed by atoms with E-state index in [-0.39, 0.29) is 18.6 Å². The maximum Gasteiger partial charge on any atom is 0.260 e. The van der Waals surface area contributed by atoms with E-state index in [1.807, 2.05) is 55.5 Å². The van der Waals surface area contributed by atoms with Crippen LogP contribution in [0.1, 0.15) is 18.5 Å². The average Bonchev–Trinajstić information content (AvgIpc) is 2.53. The molecular weight excluding hydrogens is 413 g/mol. The molecular formula is C17H17ClINO2. The van der Waals surface area contributed by atoms with Crippen LogP contribution in [0.25, 0.3) is 0 Å². The van der Waals surface area contributed by atoms with Crippen molar-refractivity contribution in [2.45, 2.75) is 13.0 Å². The van der Waals surface area contributed by atoms with Gasteiger partial charge in [0, 0.05) is 12.1 Å². The van der Waals surface area contributed by atoms with E-state index < -0.39 is 0 Å². The molecule has 0 radical (unpaired) electrons. The zero-order valence-electron chi connectivity index (χ0n) is 12.4. The van der Waals surface area contributed by atoms with Crippen molar-refractivity contribution in [1.29, 1.82) is 0 Å². The Morgan fingerprint density at radius 2 is 1.86 bits per heavy atom. The Kier molecular flexibility index (Phi) is 6.08. The van der Waals surface area contributed by atoms with E-state index in [0.717, 1.165) is 14.9 Å². The molecule has 0 saturated heterocycles. The summed E-state index contributed by atoms with van der Waals surface area (Å²) in [7, 11) is 1.78. The van der Waals surface area contributed by atoms with Crippen LogP contribution in [0, 0.1) is 3.57 Å². The van der Waals surface area contributed by atoms with Gasteiger partial charge >= 0.3 is 0 Å². The minimum absolute atomic E-state index is 0.0223. The third kappa shape index (κ3) is 4.36. The van der Waals surface area contributed by atoms with Crippen molar-refractivity contribution in [3.8, 4) is 5.75 Å². The molecule has 0 aliphatic carbocycles. The van der Waals surface area contributed by atoms with Crippen LogP contribution < -0.4 is 4.74 Å². The number of nitrogens with zero attached hydrogens (tertiary/aromatic N) is 1. The molecule has 0 saturated carbocycles. The number of amides is 1. The van der Waals surface area contributed by atoms with Gasteiger partial charge in [0.15, 0.2) is 6.61 Å². The smallest absolute Gasteiger partial charge is 0.260 e. The molecule has 2 aromatic carbocycles. The minimum atomic E-state index is -0.0675. The fraction of sp³-hybridized carbons (Fsp3) is 0.235. The van der Waals surface area contributed by atoms with Crippen LogP contribution in [0.2, 0.25) is 5.02 Å². The highest BCUT2D eigenvalue weighted by Gasteiger charge is 2.18. The number of halogens is 2. The molecule has 2 aromatic rings. The van der Waals surface area contributed by atoms with Crippen molar-refractivity contribution in [3.63, 3.8) is 0 Å². The maximum atomic E-state index is 12.3. The third-order valence-electron chi connectivity index (χ3n) is 3.51. The molecule has 3 nitrogen and oxygen atoms in total. The van der Waals surface area contributed by atoms with Crippen LogP contribution >= 0.6 is 34.2 Å². The number of carbonyl (C=O) groups is 1. The lowest BCUT2D eigenvalue weighted by Gasteiger charge is -2.25. The first-order chi connectivity index (χ1) is 10.5. The zero-order valence-corrected chi connectivity index (χ0v) is 15.3. The van der Waals surface area contributed by atoms with Crippen LogP contribution in [0.5, 0.6) is 5.75 Å². The standard InChI is InChI=1S/C17H17ClINO2/c1-12(13-7-9-14(18)10-8-13)20(2)17(21)11-22-16-6-4-3-5-15(16)19/h3-10,12H,11H2,1-2H3. The highest BCUT2D eigenvalue weighted by Crippen LogP contribution is 2.22. The monoisotopic (exact) mass is 429 g/mol. The van der Waals surface area contributed by atoms with Crippen molar-refractivity contribution in [2.75, 3.05) is 13.7 Å². The van der Waals surface area contributed by atoms with Gasteiger partial charge in [0.05, 0.1) is 9.61 Å². The molecule has 0 spiro atoms. The molecule has 0 aromatic heterocycles. The van der Waals surface area contributed by atoms with E-state index in [1.165, 1.54) is 0 Å². The van der Waals surface area contributed by atoms with E-state index in [0.29, 0.717) is 5.02 Å². The number of para-hydroxylation sites is 1. The average molecular weight is 430 g/mol. The van der Waals surface area contributed by atoms with Gasteiger partial charge in [-0.05, 0) is 59.3 Å². The summed E-state index contributed by atoms with van der Waals surface area (Å²) in [5, 5.41) is 0.687. The quantitative estimate of drug-likeness (QED) is 0.653. The molecule has 1 unspecified atom stereocenters. The number of likely N-dealkylation sites (N-methyl/N-ethyl adjacent to an activating group) is 1. The van der Waals surface area contributed by atoms with Gasteiger partial charge in [-0.3, -0.25) is 4.79 Å². The molecule has 0 aliphatic heterocycles. The highest BCUT2D eigenvalue weighted by molar-refractivity contribution is 14.1. The number of ether oxygens (including phenoxy) is 1. The second-order valence-corrected chi connectivity index (χ2v) is 6.55. The minimum Gasteiger partial charge on any atom is -0.483 e. The number of benzene rings is 2. The van der Waals surface area contributed by atoms with Crippen molar-refractivity contribution in [1.82, 2.24) is 4.90 Å². The van der Waals surface area contributed by atoms with Crippen LogP contribution in [0.15, 0.2) is 48.5 Å². The Balaban J connectivity index is 1.97. The van der Waals surface area contributed by atoms with E-state index >= 15 is 0 Å². The van der Waals surface area contributed by atoms with Crippen LogP contribution in [-0.2, 0) is 4.79 Å². The molecule has 5 heteroatoms. The summed E-state index contributed by atoms with van der Waals surface area (Å²) in [5.74, 6) is 0.658. The van der Waals surface area contributed by atoms with Crippen molar-refractivity contribution >= 4 is 40.1 Å². The fourth-order valence-electron chi connectivity index (χ4n) is 1.98. The topological polar surface area (TPSA) is 29.5 Å². The maximum absolute atomic E-state index is 12.3. The molecule has 2 rings (SSSR count). The van der Waals surface area contributed by atoms with Gasteiger partial charge < -0.3 is 9.64 Å². The van der Waals surface area contributed by atoms with E-state index in [1.54, 1.807) is 11.9 Å². The summed E-state index contributed by atoms with van der Waals surface area (Å²) in [4.78, 5) is 14.0. The summed E-state index contributed by atoms with van der Waals surface area (Å²) in [6.07, 6.45) is 0. The first kappa shape index (κ1) is 17.1. The summed E-state index contributed by atoms with van der Waals surface area (Å²) >= 11 is 8.08. The highest BCUT2D eigenvalue weighted by atomic mass is 127. The molecule has 22 heavy (non-hydrogen) atoms. The summed E-state index contributed by atoms with van der Waals surface area (Å²) in [6.45, 7) is 2.00. The van der Waals surface area contributed by atoms with Gasteiger partial charge in [-0.1, -0.05) is 35.9 Å². The Morgan fingerprint density at radius 1 is 1.23 bits per heavy atom. The number of carbonyl (C=O) groups excluding carboxylic acids is 1. The van der Waals surface area contributed by atoms with Crippen molar-refractivity contribution in [3.05, 3.63) is 62.7 Å². The second kappa shape index (κ2) is 7.83. The lowest BCUT2D eigenvalue weighted by atomic mass is 10.1. The summed E-state index contributed by atoms with van der Waals surface area (Å²) in [5.41, 5.74) is 1.04. The van der Waals surface area contributed by atoms with Crippen LogP contribution in [-0.4, -0.2) is 24.5 Å². The van der Waals surface area contributed by atoms with E-state index in [4.69, 9.17) is 16.3 Å². The fourth-order valence-corrected chi connectivity index (χ4v) is 2.65. The molecule has 0 N–H and O–H groups in total. The second-order valence-electron chi connectivity index (χ2n) is 4.95. The largest absolute Gasteiger partial charge is 0.483 e. The Bertz CT molecular complexity index is 645.